The van der Waals surface area contributed by atoms with Crippen LogP contribution >= 0.6 is 0 Å². The van der Waals surface area contributed by atoms with Gasteiger partial charge >= 0.3 is 5.97 Å². The third-order valence-electron chi connectivity index (χ3n) is 3.63. The third kappa shape index (κ3) is 3.75. The first kappa shape index (κ1) is 15.8. The molecule has 0 aliphatic heterocycles. The number of hydrogen-bond donors (Lipinski definition) is 2. The summed E-state index contributed by atoms with van der Waals surface area (Å²) < 4.78 is 4.87. The van der Waals surface area contributed by atoms with E-state index in [0.29, 0.717) is 12.0 Å². The number of rotatable bonds is 6. The number of carbonyl (C=O) groups is 2. The summed E-state index contributed by atoms with van der Waals surface area (Å²) in [5, 5.41) is 11.7. The molecule has 1 amide bonds. The summed E-state index contributed by atoms with van der Waals surface area (Å²) in [5.41, 5.74) is 2.77. The van der Waals surface area contributed by atoms with Gasteiger partial charge in [-0.15, -0.1) is 0 Å². The molecule has 1 atom stereocenters. The molecule has 0 aliphatic rings. The smallest absolute Gasteiger partial charge is 0.372 e. The number of carbonyl (C=O) groups excluding carboxylic acids is 1. The van der Waals surface area contributed by atoms with Crippen LogP contribution in [0.5, 0.6) is 0 Å². The summed E-state index contributed by atoms with van der Waals surface area (Å²) in [4.78, 5) is 22.9. The van der Waals surface area contributed by atoms with E-state index in [4.69, 9.17) is 9.52 Å². The van der Waals surface area contributed by atoms with E-state index in [1.165, 1.54) is 6.26 Å². The van der Waals surface area contributed by atoms with E-state index in [2.05, 4.69) is 5.32 Å². The Kier molecular flexibility index (Phi) is 4.99. The van der Waals surface area contributed by atoms with Crippen molar-refractivity contribution < 1.29 is 19.1 Å². The van der Waals surface area contributed by atoms with Gasteiger partial charge in [0, 0.05) is 18.5 Å². The summed E-state index contributed by atoms with van der Waals surface area (Å²) >= 11 is 0. The largest absolute Gasteiger partial charge is 0.475 e. The molecule has 5 heteroatoms. The molecule has 1 aromatic heterocycles. The van der Waals surface area contributed by atoms with Gasteiger partial charge in [-0.05, 0) is 30.0 Å². The Hall–Kier alpha value is -2.56. The van der Waals surface area contributed by atoms with E-state index in [1.54, 1.807) is 6.07 Å². The molecule has 0 bridgehead atoms. The predicted octanol–water partition coefficient (Wildman–Crippen LogP) is 3.10. The number of hydrogen-bond acceptors (Lipinski definition) is 3. The molecule has 1 heterocycles. The quantitative estimate of drug-likeness (QED) is 0.859. The van der Waals surface area contributed by atoms with Gasteiger partial charge in [0.1, 0.15) is 0 Å². The molecule has 0 radical (unpaired) electrons. The Labute approximate surface area is 129 Å². The van der Waals surface area contributed by atoms with Crippen LogP contribution < -0.4 is 5.32 Å². The monoisotopic (exact) mass is 301 g/mol. The predicted molar refractivity (Wildman–Crippen MR) is 81.7 cm³/mol. The van der Waals surface area contributed by atoms with Gasteiger partial charge in [0.05, 0.1) is 6.26 Å². The van der Waals surface area contributed by atoms with Gasteiger partial charge in [-0.1, -0.05) is 31.2 Å². The topological polar surface area (TPSA) is 79.5 Å². The van der Waals surface area contributed by atoms with Crippen molar-refractivity contribution in [1.29, 1.82) is 0 Å². The molecule has 0 saturated heterocycles. The van der Waals surface area contributed by atoms with Gasteiger partial charge in [0.2, 0.25) is 11.7 Å². The Morgan fingerprint density at radius 2 is 2.00 bits per heavy atom. The number of carboxylic acids is 1. The molecular weight excluding hydrogens is 282 g/mol. The highest BCUT2D eigenvalue weighted by Crippen LogP contribution is 2.22. The summed E-state index contributed by atoms with van der Waals surface area (Å²) in [6.45, 7) is 4.17. The first-order valence-corrected chi connectivity index (χ1v) is 7.11. The van der Waals surface area contributed by atoms with Crippen molar-refractivity contribution in [3.8, 4) is 0 Å². The van der Waals surface area contributed by atoms with Crippen molar-refractivity contribution in [2.75, 3.05) is 0 Å². The standard InChI is InChI=1S/C17H19NO4/c1-11-5-3-4-6-14(11)12(2)9-15(19)18-10-13-7-8-22-16(13)17(20)21/h3-8,12H,9-10H2,1-2H3,(H,18,19)(H,20,21). The van der Waals surface area contributed by atoms with Gasteiger partial charge in [-0.25, -0.2) is 4.79 Å². The number of benzene rings is 1. The highest BCUT2D eigenvalue weighted by molar-refractivity contribution is 5.86. The van der Waals surface area contributed by atoms with Crippen LogP contribution in [0.25, 0.3) is 0 Å². The lowest BCUT2D eigenvalue weighted by molar-refractivity contribution is -0.121. The molecule has 0 saturated carbocycles. The highest BCUT2D eigenvalue weighted by Gasteiger charge is 2.16. The van der Waals surface area contributed by atoms with Crippen LogP contribution in [0.1, 0.15) is 46.5 Å². The maximum Gasteiger partial charge on any atom is 0.372 e. The number of furan rings is 1. The molecule has 5 nitrogen and oxygen atoms in total. The van der Waals surface area contributed by atoms with E-state index in [0.717, 1.165) is 11.1 Å². The van der Waals surface area contributed by atoms with Gasteiger partial charge in [0.15, 0.2) is 0 Å². The Morgan fingerprint density at radius 3 is 2.68 bits per heavy atom. The van der Waals surface area contributed by atoms with Crippen LogP contribution in [0.15, 0.2) is 41.0 Å². The molecule has 2 rings (SSSR count). The first-order chi connectivity index (χ1) is 10.5. The Bertz CT molecular complexity index is 675. The molecule has 116 valence electrons. The lowest BCUT2D eigenvalue weighted by atomic mass is 9.93. The van der Waals surface area contributed by atoms with Crippen molar-refractivity contribution in [3.05, 3.63) is 59.0 Å². The van der Waals surface area contributed by atoms with Crippen molar-refractivity contribution in [2.24, 2.45) is 0 Å². The number of nitrogens with one attached hydrogen (secondary N) is 1. The van der Waals surface area contributed by atoms with Crippen LogP contribution in [0.3, 0.4) is 0 Å². The second kappa shape index (κ2) is 6.93. The van der Waals surface area contributed by atoms with E-state index in [9.17, 15) is 9.59 Å². The molecule has 0 spiro atoms. The normalized spacial score (nSPS) is 11.9. The summed E-state index contributed by atoms with van der Waals surface area (Å²) in [7, 11) is 0. The number of amides is 1. The van der Waals surface area contributed by atoms with E-state index < -0.39 is 5.97 Å². The fourth-order valence-electron chi connectivity index (χ4n) is 2.46. The van der Waals surface area contributed by atoms with Crippen LogP contribution in [-0.4, -0.2) is 17.0 Å². The summed E-state index contributed by atoms with van der Waals surface area (Å²) in [6, 6.07) is 9.52. The minimum absolute atomic E-state index is 0.101. The number of aromatic carboxylic acids is 1. The zero-order valence-corrected chi connectivity index (χ0v) is 12.6. The second-order valence-corrected chi connectivity index (χ2v) is 5.32. The minimum Gasteiger partial charge on any atom is -0.475 e. The molecule has 22 heavy (non-hydrogen) atoms. The average molecular weight is 301 g/mol. The van der Waals surface area contributed by atoms with Crippen LogP contribution in [0.4, 0.5) is 0 Å². The van der Waals surface area contributed by atoms with Crippen LogP contribution in [0, 0.1) is 6.92 Å². The first-order valence-electron chi connectivity index (χ1n) is 7.11. The van der Waals surface area contributed by atoms with Gasteiger partial charge in [0.25, 0.3) is 0 Å². The third-order valence-corrected chi connectivity index (χ3v) is 3.63. The van der Waals surface area contributed by atoms with Crippen molar-refractivity contribution >= 4 is 11.9 Å². The number of aryl methyl sites for hydroxylation is 1. The minimum atomic E-state index is -1.14. The van der Waals surface area contributed by atoms with E-state index in [1.807, 2.05) is 38.1 Å². The summed E-state index contributed by atoms with van der Waals surface area (Å²) in [5.74, 6) is -1.28. The fourth-order valence-corrected chi connectivity index (χ4v) is 2.46. The highest BCUT2D eigenvalue weighted by atomic mass is 16.4. The molecule has 2 aromatic rings. The Balaban J connectivity index is 1.92. The molecule has 1 aromatic carbocycles. The summed E-state index contributed by atoms with van der Waals surface area (Å²) in [6.07, 6.45) is 1.66. The van der Waals surface area contributed by atoms with Gasteiger partial charge < -0.3 is 14.8 Å². The molecule has 0 aliphatic carbocycles. The van der Waals surface area contributed by atoms with E-state index >= 15 is 0 Å². The average Bonchev–Trinajstić information content (AvgIpc) is 2.94. The maximum absolute atomic E-state index is 12.0. The van der Waals surface area contributed by atoms with Crippen LogP contribution in [0.2, 0.25) is 0 Å². The SMILES string of the molecule is Cc1ccccc1C(C)CC(=O)NCc1ccoc1C(=O)O. The van der Waals surface area contributed by atoms with Gasteiger partial charge in [-0.3, -0.25) is 4.79 Å². The zero-order valence-electron chi connectivity index (χ0n) is 12.6. The van der Waals surface area contributed by atoms with Crippen molar-refractivity contribution in [2.45, 2.75) is 32.7 Å². The molecule has 0 fully saturated rings. The van der Waals surface area contributed by atoms with Crippen molar-refractivity contribution in [1.82, 2.24) is 5.32 Å². The second-order valence-electron chi connectivity index (χ2n) is 5.32. The maximum atomic E-state index is 12.0. The fraction of sp³-hybridized carbons (Fsp3) is 0.294. The van der Waals surface area contributed by atoms with Gasteiger partial charge in [-0.2, -0.15) is 0 Å². The van der Waals surface area contributed by atoms with Crippen molar-refractivity contribution in [3.63, 3.8) is 0 Å². The zero-order chi connectivity index (χ0) is 16.1. The van der Waals surface area contributed by atoms with E-state index in [-0.39, 0.29) is 24.1 Å². The molecular formula is C17H19NO4. The lowest BCUT2D eigenvalue weighted by Gasteiger charge is -2.14. The van der Waals surface area contributed by atoms with Crippen LogP contribution in [-0.2, 0) is 11.3 Å². The number of carboxylic acid groups (broad SMARTS) is 1. The molecule has 2 N–H and O–H groups in total. The molecule has 1 unspecified atom stereocenters. The Morgan fingerprint density at radius 1 is 1.27 bits per heavy atom. The lowest BCUT2D eigenvalue weighted by Crippen LogP contribution is -2.24.